The number of thiazole rings is 1. The fraction of sp³-hybridized carbons (Fsp3) is 0.333. The van der Waals surface area contributed by atoms with Crippen molar-refractivity contribution >= 4 is 22.4 Å². The zero-order chi connectivity index (χ0) is 14.5. The number of nitrogens with zero attached hydrogens (tertiary/aromatic N) is 4. The zero-order valence-electron chi connectivity index (χ0n) is 11.7. The molecule has 21 heavy (non-hydrogen) atoms. The van der Waals surface area contributed by atoms with Crippen molar-refractivity contribution in [1.29, 1.82) is 0 Å². The average molecular weight is 302 g/mol. The number of aliphatic hydroxyl groups excluding tert-OH is 1. The van der Waals surface area contributed by atoms with Crippen molar-refractivity contribution in [2.75, 3.05) is 19.7 Å². The van der Waals surface area contributed by atoms with Gasteiger partial charge in [0.2, 0.25) is 0 Å². The number of para-hydroxylation sites is 2. The van der Waals surface area contributed by atoms with Crippen LogP contribution >= 0.6 is 11.3 Å². The lowest BCUT2D eigenvalue weighted by atomic mass is 10.3. The van der Waals surface area contributed by atoms with Gasteiger partial charge in [0, 0.05) is 31.2 Å². The van der Waals surface area contributed by atoms with Crippen molar-refractivity contribution in [3.63, 3.8) is 0 Å². The molecule has 3 rings (SSSR count). The third kappa shape index (κ3) is 3.47. The lowest BCUT2D eigenvalue weighted by Gasteiger charge is -2.20. The van der Waals surface area contributed by atoms with Crippen molar-refractivity contribution < 1.29 is 5.11 Å². The number of hydrogen-bond acceptors (Lipinski definition) is 5. The Morgan fingerprint density at radius 2 is 2.10 bits per heavy atom. The molecule has 3 aromatic rings. The second-order valence-electron chi connectivity index (χ2n) is 4.85. The van der Waals surface area contributed by atoms with Gasteiger partial charge < -0.3 is 9.67 Å². The van der Waals surface area contributed by atoms with E-state index in [9.17, 15) is 5.11 Å². The van der Waals surface area contributed by atoms with Crippen LogP contribution in [-0.4, -0.2) is 44.2 Å². The highest BCUT2D eigenvalue weighted by molar-refractivity contribution is 7.09. The summed E-state index contributed by atoms with van der Waals surface area (Å²) >= 11 is 1.65. The van der Waals surface area contributed by atoms with Gasteiger partial charge in [-0.1, -0.05) is 12.1 Å². The Hall–Kier alpha value is -1.76. The van der Waals surface area contributed by atoms with E-state index in [4.69, 9.17) is 0 Å². The van der Waals surface area contributed by atoms with E-state index in [0.29, 0.717) is 6.54 Å². The van der Waals surface area contributed by atoms with Gasteiger partial charge in [0.05, 0.1) is 30.5 Å². The van der Waals surface area contributed by atoms with Crippen LogP contribution in [0.15, 0.2) is 42.2 Å². The predicted molar refractivity (Wildman–Crippen MR) is 84.2 cm³/mol. The molecule has 0 aliphatic carbocycles. The van der Waals surface area contributed by atoms with Crippen LogP contribution in [0.25, 0.3) is 11.0 Å². The topological polar surface area (TPSA) is 54.2 Å². The SMILES string of the molecule is OCCN(CCn1cnc2ccccc21)Cc1nccs1. The Bertz CT molecular complexity index is 680. The van der Waals surface area contributed by atoms with Crippen LogP contribution < -0.4 is 0 Å². The Morgan fingerprint density at radius 1 is 1.19 bits per heavy atom. The van der Waals surface area contributed by atoms with Gasteiger partial charge >= 0.3 is 0 Å². The number of aromatic nitrogens is 3. The Labute approximate surface area is 127 Å². The van der Waals surface area contributed by atoms with E-state index in [1.807, 2.05) is 36.1 Å². The molecule has 0 saturated carbocycles. The molecule has 6 heteroatoms. The Kier molecular flexibility index (Phi) is 4.59. The predicted octanol–water partition coefficient (Wildman–Crippen LogP) is 1.99. The van der Waals surface area contributed by atoms with Crippen LogP contribution in [0.1, 0.15) is 5.01 Å². The normalized spacial score (nSPS) is 11.5. The number of benzene rings is 1. The van der Waals surface area contributed by atoms with Crippen LogP contribution in [0.4, 0.5) is 0 Å². The highest BCUT2D eigenvalue weighted by Gasteiger charge is 2.08. The van der Waals surface area contributed by atoms with Gasteiger partial charge in [-0.05, 0) is 12.1 Å². The Morgan fingerprint density at radius 3 is 2.90 bits per heavy atom. The largest absolute Gasteiger partial charge is 0.395 e. The summed E-state index contributed by atoms with van der Waals surface area (Å²) in [5.41, 5.74) is 2.17. The van der Waals surface area contributed by atoms with Crippen LogP contribution in [0.5, 0.6) is 0 Å². The van der Waals surface area contributed by atoms with E-state index in [1.165, 1.54) is 0 Å². The molecular weight excluding hydrogens is 284 g/mol. The minimum atomic E-state index is 0.163. The summed E-state index contributed by atoms with van der Waals surface area (Å²) in [5, 5.41) is 12.3. The minimum absolute atomic E-state index is 0.163. The van der Waals surface area contributed by atoms with E-state index in [1.54, 1.807) is 11.3 Å². The summed E-state index contributed by atoms with van der Waals surface area (Å²) < 4.78 is 2.15. The van der Waals surface area contributed by atoms with Gasteiger partial charge in [-0.3, -0.25) is 4.90 Å². The molecule has 2 aromatic heterocycles. The van der Waals surface area contributed by atoms with Crippen molar-refractivity contribution in [3.8, 4) is 0 Å². The van der Waals surface area contributed by atoms with E-state index in [2.05, 4.69) is 25.5 Å². The molecule has 0 spiro atoms. The summed E-state index contributed by atoms with van der Waals surface area (Å²) in [7, 11) is 0. The minimum Gasteiger partial charge on any atom is -0.395 e. The van der Waals surface area contributed by atoms with E-state index in [0.717, 1.165) is 35.7 Å². The molecule has 0 amide bonds. The summed E-state index contributed by atoms with van der Waals surface area (Å²) in [6.07, 6.45) is 3.70. The van der Waals surface area contributed by atoms with Crippen molar-refractivity contribution in [3.05, 3.63) is 47.2 Å². The molecule has 0 fully saturated rings. The molecule has 0 aliphatic rings. The molecule has 110 valence electrons. The fourth-order valence-electron chi connectivity index (χ4n) is 2.37. The maximum absolute atomic E-state index is 9.22. The van der Waals surface area contributed by atoms with Crippen molar-refractivity contribution in [1.82, 2.24) is 19.4 Å². The second-order valence-corrected chi connectivity index (χ2v) is 5.83. The van der Waals surface area contributed by atoms with Gasteiger partial charge in [-0.25, -0.2) is 9.97 Å². The first-order valence-corrected chi connectivity index (χ1v) is 7.86. The first-order valence-electron chi connectivity index (χ1n) is 6.98. The third-order valence-electron chi connectivity index (χ3n) is 3.44. The van der Waals surface area contributed by atoms with Crippen LogP contribution in [0, 0.1) is 0 Å². The molecule has 5 nitrogen and oxygen atoms in total. The maximum Gasteiger partial charge on any atom is 0.107 e. The number of fused-ring (bicyclic) bond motifs is 1. The third-order valence-corrected chi connectivity index (χ3v) is 4.21. The van der Waals surface area contributed by atoms with Gasteiger partial charge in [0.1, 0.15) is 5.01 Å². The molecule has 0 unspecified atom stereocenters. The molecule has 0 saturated heterocycles. The summed E-state index contributed by atoms with van der Waals surface area (Å²) in [6.45, 7) is 3.32. The molecule has 0 aliphatic heterocycles. The molecule has 0 radical (unpaired) electrons. The lowest BCUT2D eigenvalue weighted by molar-refractivity contribution is 0.185. The highest BCUT2D eigenvalue weighted by atomic mass is 32.1. The smallest absolute Gasteiger partial charge is 0.107 e. The summed E-state index contributed by atoms with van der Waals surface area (Å²) in [4.78, 5) is 10.9. The quantitative estimate of drug-likeness (QED) is 0.725. The van der Waals surface area contributed by atoms with Gasteiger partial charge in [0.15, 0.2) is 0 Å². The van der Waals surface area contributed by atoms with Crippen LogP contribution in [0.3, 0.4) is 0 Å². The number of imidazole rings is 1. The van der Waals surface area contributed by atoms with E-state index in [-0.39, 0.29) is 6.61 Å². The molecule has 1 aromatic carbocycles. The average Bonchev–Trinajstić information content (AvgIpc) is 3.14. The van der Waals surface area contributed by atoms with Crippen molar-refractivity contribution in [2.24, 2.45) is 0 Å². The zero-order valence-corrected chi connectivity index (χ0v) is 12.5. The first-order chi connectivity index (χ1) is 10.4. The molecule has 1 N–H and O–H groups in total. The summed E-state index contributed by atoms with van der Waals surface area (Å²) in [5.74, 6) is 0. The first kappa shape index (κ1) is 14.2. The number of rotatable bonds is 7. The number of hydrogen-bond donors (Lipinski definition) is 1. The van der Waals surface area contributed by atoms with Gasteiger partial charge in [-0.15, -0.1) is 11.3 Å². The van der Waals surface area contributed by atoms with Gasteiger partial charge in [-0.2, -0.15) is 0 Å². The molecule has 2 heterocycles. The number of aliphatic hydroxyl groups is 1. The van der Waals surface area contributed by atoms with Crippen molar-refractivity contribution in [2.45, 2.75) is 13.1 Å². The van der Waals surface area contributed by atoms with E-state index >= 15 is 0 Å². The Balaban J connectivity index is 1.66. The fourth-order valence-corrected chi connectivity index (χ4v) is 3.03. The maximum atomic E-state index is 9.22. The standard InChI is InChI=1S/C15H18N4OS/c20-9-8-18(11-15-16-5-10-21-15)6-7-19-12-17-13-3-1-2-4-14(13)19/h1-5,10,12,20H,6-9,11H2. The molecule has 0 bridgehead atoms. The van der Waals surface area contributed by atoms with Gasteiger partial charge in [0.25, 0.3) is 0 Å². The summed E-state index contributed by atoms with van der Waals surface area (Å²) in [6, 6.07) is 8.13. The second kappa shape index (κ2) is 6.80. The van der Waals surface area contributed by atoms with E-state index < -0.39 is 0 Å². The molecular formula is C15H18N4OS. The lowest BCUT2D eigenvalue weighted by Crippen LogP contribution is -2.29. The van der Waals surface area contributed by atoms with Crippen LogP contribution in [-0.2, 0) is 13.1 Å². The molecule has 0 atom stereocenters. The van der Waals surface area contributed by atoms with Crippen LogP contribution in [0.2, 0.25) is 0 Å². The monoisotopic (exact) mass is 302 g/mol. The highest BCUT2D eigenvalue weighted by Crippen LogP contribution is 2.12.